The first-order valence-electron chi connectivity index (χ1n) is 18.7. The maximum Gasteiger partial charge on any atom is 0.334 e. The Morgan fingerprint density at radius 1 is 0.644 bits per heavy atom. The number of hydrogen-bond acceptors (Lipinski definition) is 8. The summed E-state index contributed by atoms with van der Waals surface area (Å²) in [5.41, 5.74) is 0.857. The van der Waals surface area contributed by atoms with Gasteiger partial charge in [-0.05, 0) is 83.6 Å². The lowest BCUT2D eigenvalue weighted by Crippen LogP contribution is -2.33. The van der Waals surface area contributed by atoms with Gasteiger partial charge in [-0.2, -0.15) is 0 Å². The van der Waals surface area contributed by atoms with Crippen LogP contribution in [-0.2, 0) is 19.0 Å². The van der Waals surface area contributed by atoms with Crippen LogP contribution in [0.3, 0.4) is 0 Å². The third-order valence-corrected chi connectivity index (χ3v) is 10.2. The van der Waals surface area contributed by atoms with Gasteiger partial charge in [-0.1, -0.05) is 84.0 Å². The van der Waals surface area contributed by atoms with E-state index in [9.17, 15) is 25.2 Å². The first-order chi connectivity index (χ1) is 21.8. The number of rotatable bonds is 25. The quantitative estimate of drug-likeness (QED) is 0.0634. The minimum absolute atomic E-state index is 0.0121. The average Bonchev–Trinajstić information content (AvgIpc) is 3.77. The number of aliphatic hydroxyl groups excluding tert-OH is 4. The van der Waals surface area contributed by atoms with Gasteiger partial charge < -0.3 is 34.6 Å². The molecule has 0 aromatic heterocycles. The molecular weight excluding hydrogens is 572 g/mol. The van der Waals surface area contributed by atoms with E-state index in [1.165, 1.54) is 44.9 Å². The van der Waals surface area contributed by atoms with Gasteiger partial charge in [-0.15, -0.1) is 0 Å². The standard InChI is InChI=1S/C37H66O8/c1-3-4-13-18-29(38)30(39)20-16-21-32(41)34-23-25-36(45-34)35-24-22-33(44-35)31(40)19-15-12-10-8-6-5-7-9-11-14-17-28-26-27(2)43-37(28)42/h26-27,29-36,38-41H,3-25H2,1-2H3/t27-,29?,30?,31?,32?,33+,34+,35+,36+/m0/s1. The smallest absolute Gasteiger partial charge is 0.334 e. The number of carbonyl (C=O) groups excluding carboxylic acids is 1. The van der Waals surface area contributed by atoms with Crippen molar-refractivity contribution in [2.75, 3.05) is 0 Å². The van der Waals surface area contributed by atoms with Gasteiger partial charge in [-0.3, -0.25) is 0 Å². The van der Waals surface area contributed by atoms with Crippen LogP contribution < -0.4 is 0 Å². The lowest BCUT2D eigenvalue weighted by atomic mass is 9.98. The molecule has 3 aliphatic heterocycles. The van der Waals surface area contributed by atoms with Crippen molar-refractivity contribution in [2.45, 2.75) is 216 Å². The maximum atomic E-state index is 11.6. The minimum Gasteiger partial charge on any atom is -0.455 e. The van der Waals surface area contributed by atoms with Crippen molar-refractivity contribution in [1.82, 2.24) is 0 Å². The van der Waals surface area contributed by atoms with Crippen LogP contribution in [0.2, 0.25) is 0 Å². The van der Waals surface area contributed by atoms with Gasteiger partial charge in [0.15, 0.2) is 0 Å². The molecule has 0 aromatic carbocycles. The van der Waals surface area contributed by atoms with Gasteiger partial charge in [0.1, 0.15) is 6.10 Å². The number of hydrogen-bond donors (Lipinski definition) is 4. The minimum atomic E-state index is -0.729. The number of cyclic esters (lactones) is 1. The molecule has 0 aliphatic carbocycles. The first kappa shape index (κ1) is 38.4. The van der Waals surface area contributed by atoms with Crippen molar-refractivity contribution < 1.29 is 39.4 Å². The molecular formula is C37H66O8. The van der Waals surface area contributed by atoms with E-state index < -0.39 is 24.4 Å². The molecule has 4 unspecified atom stereocenters. The Hall–Kier alpha value is -1.03. The van der Waals surface area contributed by atoms with Crippen LogP contribution in [0.4, 0.5) is 0 Å². The molecule has 8 nitrogen and oxygen atoms in total. The molecule has 0 aromatic rings. The van der Waals surface area contributed by atoms with Gasteiger partial charge in [0.2, 0.25) is 0 Å². The number of ether oxygens (including phenoxy) is 3. The third kappa shape index (κ3) is 14.3. The van der Waals surface area contributed by atoms with Crippen LogP contribution >= 0.6 is 0 Å². The molecule has 2 fully saturated rings. The number of aliphatic hydroxyl groups is 4. The summed E-state index contributed by atoms with van der Waals surface area (Å²) >= 11 is 0. The number of carbonyl (C=O) groups is 1. The highest BCUT2D eigenvalue weighted by Gasteiger charge is 2.40. The molecule has 2 saturated heterocycles. The Kier molecular flexibility index (Phi) is 18.6. The predicted octanol–water partition coefficient (Wildman–Crippen LogP) is 6.83. The Bertz CT molecular complexity index is 833. The lowest BCUT2D eigenvalue weighted by Gasteiger charge is -2.24. The van der Waals surface area contributed by atoms with Crippen LogP contribution in [-0.4, -0.2) is 81.3 Å². The Balaban J connectivity index is 1.14. The zero-order valence-electron chi connectivity index (χ0n) is 28.5. The maximum absolute atomic E-state index is 11.6. The Morgan fingerprint density at radius 2 is 1.11 bits per heavy atom. The van der Waals surface area contributed by atoms with E-state index in [1.807, 2.05) is 13.0 Å². The van der Waals surface area contributed by atoms with Crippen molar-refractivity contribution in [2.24, 2.45) is 0 Å². The lowest BCUT2D eigenvalue weighted by molar-refractivity contribution is -0.139. The van der Waals surface area contributed by atoms with E-state index in [2.05, 4.69) is 6.92 Å². The molecule has 0 spiro atoms. The second-order valence-corrected chi connectivity index (χ2v) is 14.2. The molecule has 4 N–H and O–H groups in total. The van der Waals surface area contributed by atoms with Crippen LogP contribution in [0.15, 0.2) is 11.6 Å². The van der Waals surface area contributed by atoms with Gasteiger partial charge in [0.25, 0.3) is 0 Å². The molecule has 3 aliphatic rings. The van der Waals surface area contributed by atoms with Crippen molar-refractivity contribution in [3.05, 3.63) is 11.6 Å². The number of unbranched alkanes of at least 4 members (excludes halogenated alkanes) is 11. The highest BCUT2D eigenvalue weighted by Crippen LogP contribution is 2.34. The zero-order chi connectivity index (χ0) is 32.4. The van der Waals surface area contributed by atoms with Crippen LogP contribution in [0.1, 0.15) is 162 Å². The average molecular weight is 639 g/mol. The molecule has 262 valence electrons. The van der Waals surface area contributed by atoms with Gasteiger partial charge >= 0.3 is 5.97 Å². The molecule has 45 heavy (non-hydrogen) atoms. The Labute approximate surface area is 273 Å². The summed E-state index contributed by atoms with van der Waals surface area (Å²) in [5.74, 6) is -0.129. The van der Waals surface area contributed by atoms with E-state index >= 15 is 0 Å². The highest BCUT2D eigenvalue weighted by molar-refractivity contribution is 5.90. The zero-order valence-corrected chi connectivity index (χ0v) is 28.5. The molecule has 0 saturated carbocycles. The van der Waals surface area contributed by atoms with Crippen LogP contribution in [0.25, 0.3) is 0 Å². The fourth-order valence-electron chi connectivity index (χ4n) is 7.29. The summed E-state index contributed by atoms with van der Waals surface area (Å²) in [7, 11) is 0. The summed E-state index contributed by atoms with van der Waals surface area (Å²) in [6, 6.07) is 0. The predicted molar refractivity (Wildman–Crippen MR) is 177 cm³/mol. The topological polar surface area (TPSA) is 126 Å². The third-order valence-electron chi connectivity index (χ3n) is 10.2. The second-order valence-electron chi connectivity index (χ2n) is 14.2. The van der Waals surface area contributed by atoms with Gasteiger partial charge in [0.05, 0.1) is 48.8 Å². The van der Waals surface area contributed by atoms with Crippen LogP contribution in [0.5, 0.6) is 0 Å². The van der Waals surface area contributed by atoms with E-state index in [-0.39, 0.29) is 36.5 Å². The van der Waals surface area contributed by atoms with Crippen LogP contribution in [0, 0.1) is 0 Å². The second kappa shape index (κ2) is 21.8. The SMILES string of the molecule is CCCCCC(O)C(O)CCCC(O)[C@H]1CC[C@H]([C@H]2CC[C@H](C(O)CCCCCCCCCCCCC3=C[C@H](C)OC3=O)O2)O1. The monoisotopic (exact) mass is 638 g/mol. The molecule has 0 amide bonds. The molecule has 0 radical (unpaired) electrons. The van der Waals surface area contributed by atoms with E-state index in [4.69, 9.17) is 14.2 Å². The fourth-order valence-corrected chi connectivity index (χ4v) is 7.29. The summed E-state index contributed by atoms with van der Waals surface area (Å²) in [4.78, 5) is 11.6. The summed E-state index contributed by atoms with van der Waals surface area (Å²) in [6.07, 6.45) is 21.5. The summed E-state index contributed by atoms with van der Waals surface area (Å²) in [5, 5.41) is 41.8. The highest BCUT2D eigenvalue weighted by atomic mass is 16.6. The molecule has 0 bridgehead atoms. The van der Waals surface area contributed by atoms with Crippen molar-refractivity contribution in [1.29, 1.82) is 0 Å². The van der Waals surface area contributed by atoms with E-state index in [0.717, 1.165) is 82.6 Å². The molecule has 9 atom stereocenters. The van der Waals surface area contributed by atoms with Gasteiger partial charge in [-0.25, -0.2) is 4.79 Å². The van der Waals surface area contributed by atoms with Crippen molar-refractivity contribution in [3.8, 4) is 0 Å². The fraction of sp³-hybridized carbons (Fsp3) is 0.919. The Morgan fingerprint density at radius 3 is 1.62 bits per heavy atom. The molecule has 3 heterocycles. The molecule has 3 rings (SSSR count). The van der Waals surface area contributed by atoms with Gasteiger partial charge in [0, 0.05) is 5.57 Å². The van der Waals surface area contributed by atoms with Crippen molar-refractivity contribution >= 4 is 5.97 Å². The number of esters is 1. The van der Waals surface area contributed by atoms with Crippen molar-refractivity contribution in [3.63, 3.8) is 0 Å². The largest absolute Gasteiger partial charge is 0.455 e. The normalized spacial score (nSPS) is 27.8. The summed E-state index contributed by atoms with van der Waals surface area (Å²) in [6.45, 7) is 4.03. The molecule has 8 heteroatoms. The first-order valence-corrected chi connectivity index (χ1v) is 18.7. The van der Waals surface area contributed by atoms with E-state index in [1.54, 1.807) is 0 Å². The van der Waals surface area contributed by atoms with E-state index in [0.29, 0.717) is 25.7 Å². The summed E-state index contributed by atoms with van der Waals surface area (Å²) < 4.78 is 17.6.